The summed E-state index contributed by atoms with van der Waals surface area (Å²) in [5.74, 6) is 1.49. The molecular formula is C25H30N2O3S. The maximum atomic E-state index is 12.6. The summed E-state index contributed by atoms with van der Waals surface area (Å²) in [5.41, 5.74) is 3.13. The minimum Gasteiger partial charge on any atom is -0.481 e. The molecule has 31 heavy (non-hydrogen) atoms. The first-order valence-electron chi connectivity index (χ1n) is 11.4. The Kier molecular flexibility index (Phi) is 5.51. The van der Waals surface area contributed by atoms with Crippen LogP contribution in [0, 0.1) is 5.92 Å². The van der Waals surface area contributed by atoms with E-state index in [-0.39, 0.29) is 11.2 Å². The third-order valence-electron chi connectivity index (χ3n) is 6.93. The second-order valence-electron chi connectivity index (χ2n) is 9.12. The molecule has 6 heteroatoms. The predicted molar refractivity (Wildman–Crippen MR) is 122 cm³/mol. The van der Waals surface area contributed by atoms with Crippen LogP contribution in [0.4, 0.5) is 0 Å². The summed E-state index contributed by atoms with van der Waals surface area (Å²) in [5, 5.41) is 0.892. The fourth-order valence-corrected chi connectivity index (χ4v) is 6.63. The van der Waals surface area contributed by atoms with Gasteiger partial charge in [0.1, 0.15) is 5.65 Å². The number of aromatic nitrogens is 2. The van der Waals surface area contributed by atoms with Crippen LogP contribution in [-0.2, 0) is 9.84 Å². The van der Waals surface area contributed by atoms with Crippen LogP contribution in [0.15, 0.2) is 47.4 Å². The van der Waals surface area contributed by atoms with Crippen LogP contribution in [0.1, 0.15) is 68.5 Å². The van der Waals surface area contributed by atoms with E-state index in [0.717, 1.165) is 36.0 Å². The number of nitrogens with zero attached hydrogens (tertiary/aromatic N) is 1. The van der Waals surface area contributed by atoms with Crippen molar-refractivity contribution in [1.82, 2.24) is 9.97 Å². The summed E-state index contributed by atoms with van der Waals surface area (Å²) in [7, 11) is -1.53. The molecule has 2 heterocycles. The molecule has 1 N–H and O–H groups in total. The molecule has 0 saturated heterocycles. The minimum absolute atomic E-state index is 0.175. The number of nitrogens with one attached hydrogen (secondary N) is 1. The van der Waals surface area contributed by atoms with Gasteiger partial charge in [0.15, 0.2) is 9.84 Å². The van der Waals surface area contributed by atoms with E-state index >= 15 is 0 Å². The molecule has 1 atom stereocenters. The van der Waals surface area contributed by atoms with Gasteiger partial charge in [-0.2, -0.15) is 4.98 Å². The Morgan fingerprint density at radius 2 is 1.77 bits per heavy atom. The number of rotatable bonds is 7. The SMILES string of the molecule is COc1ccc2cc(C(CC3CCCCC3)c3ccc(S(=O)(=O)C4CC4)cc3)[nH]c2n1. The Morgan fingerprint density at radius 3 is 2.45 bits per heavy atom. The molecule has 0 bridgehead atoms. The number of methoxy groups -OCH3 is 1. The van der Waals surface area contributed by atoms with Gasteiger partial charge in [-0.25, -0.2) is 8.42 Å². The second kappa shape index (κ2) is 8.30. The van der Waals surface area contributed by atoms with Gasteiger partial charge in [0.25, 0.3) is 0 Å². The van der Waals surface area contributed by atoms with E-state index in [2.05, 4.69) is 16.0 Å². The Bertz CT molecular complexity index is 1160. The van der Waals surface area contributed by atoms with Crippen LogP contribution in [0.3, 0.4) is 0 Å². The molecule has 3 aromatic rings. The third-order valence-corrected chi connectivity index (χ3v) is 9.21. The van der Waals surface area contributed by atoms with Gasteiger partial charge < -0.3 is 9.72 Å². The van der Waals surface area contributed by atoms with E-state index in [4.69, 9.17) is 4.74 Å². The summed E-state index contributed by atoms with van der Waals surface area (Å²) in [6, 6.07) is 13.7. The van der Waals surface area contributed by atoms with Crippen LogP contribution in [0.2, 0.25) is 0 Å². The molecule has 1 unspecified atom stereocenters. The third kappa shape index (κ3) is 4.22. The quantitative estimate of drug-likeness (QED) is 0.520. The minimum atomic E-state index is -3.16. The fourth-order valence-electron chi connectivity index (χ4n) is 4.97. The smallest absolute Gasteiger partial charge is 0.214 e. The van der Waals surface area contributed by atoms with Crippen molar-refractivity contribution >= 4 is 20.9 Å². The molecule has 5 nitrogen and oxygen atoms in total. The lowest BCUT2D eigenvalue weighted by Crippen LogP contribution is -2.13. The van der Waals surface area contributed by atoms with Crippen LogP contribution >= 0.6 is 0 Å². The van der Waals surface area contributed by atoms with Gasteiger partial charge in [0.05, 0.1) is 17.3 Å². The van der Waals surface area contributed by atoms with E-state index in [1.165, 1.54) is 37.7 Å². The van der Waals surface area contributed by atoms with E-state index < -0.39 is 9.84 Å². The first kappa shape index (κ1) is 20.6. The lowest BCUT2D eigenvalue weighted by Gasteiger charge is -2.26. The van der Waals surface area contributed by atoms with Gasteiger partial charge in [0.2, 0.25) is 5.88 Å². The summed E-state index contributed by atoms with van der Waals surface area (Å²) in [4.78, 5) is 8.53. The highest BCUT2D eigenvalue weighted by molar-refractivity contribution is 7.92. The topological polar surface area (TPSA) is 72.1 Å². The number of hydrogen-bond donors (Lipinski definition) is 1. The fraction of sp³-hybridized carbons (Fsp3) is 0.480. The molecule has 0 amide bonds. The molecule has 2 aliphatic rings. The van der Waals surface area contributed by atoms with Gasteiger partial charge in [-0.1, -0.05) is 44.2 Å². The van der Waals surface area contributed by atoms with E-state index in [9.17, 15) is 8.42 Å². The van der Waals surface area contributed by atoms with Gasteiger partial charge >= 0.3 is 0 Å². The van der Waals surface area contributed by atoms with Crippen molar-refractivity contribution in [2.24, 2.45) is 5.92 Å². The molecule has 5 rings (SSSR count). The van der Waals surface area contributed by atoms with Crippen molar-refractivity contribution in [2.45, 2.75) is 67.4 Å². The van der Waals surface area contributed by atoms with E-state index in [1.807, 2.05) is 24.3 Å². The standard InChI is InChI=1S/C25H30N2O3S/c1-30-24-14-9-19-16-23(26-25(19)27-24)22(15-17-5-3-2-4-6-17)18-7-10-20(11-8-18)31(28,29)21-12-13-21/h7-11,14,16-17,21-22H,2-6,12-13,15H2,1H3,(H,26,27). The van der Waals surface area contributed by atoms with Crippen LogP contribution in [0.25, 0.3) is 11.0 Å². The molecule has 2 aliphatic carbocycles. The maximum Gasteiger partial charge on any atom is 0.214 e. The van der Waals surface area contributed by atoms with Crippen LogP contribution in [-0.4, -0.2) is 30.7 Å². The van der Waals surface area contributed by atoms with Gasteiger partial charge in [-0.05, 0) is 55.0 Å². The van der Waals surface area contributed by atoms with Crippen molar-refractivity contribution < 1.29 is 13.2 Å². The number of pyridine rings is 1. The van der Waals surface area contributed by atoms with Crippen molar-refractivity contribution in [1.29, 1.82) is 0 Å². The molecule has 164 valence electrons. The van der Waals surface area contributed by atoms with E-state index in [0.29, 0.717) is 16.7 Å². The second-order valence-corrected chi connectivity index (χ2v) is 11.3. The largest absolute Gasteiger partial charge is 0.481 e. The van der Waals surface area contributed by atoms with Gasteiger partial charge in [-0.3, -0.25) is 0 Å². The van der Waals surface area contributed by atoms with Crippen LogP contribution in [0.5, 0.6) is 5.88 Å². The normalized spacial score (nSPS) is 18.9. The number of sulfone groups is 1. The zero-order valence-corrected chi connectivity index (χ0v) is 18.8. The van der Waals surface area contributed by atoms with Gasteiger partial charge in [-0.15, -0.1) is 0 Å². The van der Waals surface area contributed by atoms with Crippen molar-refractivity contribution in [3.8, 4) is 5.88 Å². The number of hydrogen-bond acceptors (Lipinski definition) is 4. The number of H-pyrrole nitrogens is 1. The Hall–Kier alpha value is -2.34. The Morgan fingerprint density at radius 1 is 1.03 bits per heavy atom. The van der Waals surface area contributed by atoms with Crippen LogP contribution < -0.4 is 4.74 Å². The lowest BCUT2D eigenvalue weighted by atomic mass is 9.79. The highest BCUT2D eigenvalue weighted by Gasteiger charge is 2.37. The monoisotopic (exact) mass is 438 g/mol. The van der Waals surface area contributed by atoms with E-state index in [1.54, 1.807) is 19.2 Å². The number of fused-ring (bicyclic) bond motifs is 1. The molecule has 0 aliphatic heterocycles. The maximum absolute atomic E-state index is 12.6. The summed E-state index contributed by atoms with van der Waals surface area (Å²) < 4.78 is 30.5. The van der Waals surface area contributed by atoms with Crippen molar-refractivity contribution in [3.63, 3.8) is 0 Å². The zero-order chi connectivity index (χ0) is 21.4. The summed E-state index contributed by atoms with van der Waals surface area (Å²) >= 11 is 0. The van der Waals surface area contributed by atoms with Crippen molar-refractivity contribution in [3.05, 3.63) is 53.7 Å². The first-order valence-corrected chi connectivity index (χ1v) is 13.0. The molecule has 0 spiro atoms. The van der Waals surface area contributed by atoms with Gasteiger partial charge in [0, 0.05) is 23.1 Å². The Balaban J connectivity index is 1.49. The molecule has 0 radical (unpaired) electrons. The average molecular weight is 439 g/mol. The Labute approximate surface area is 184 Å². The molecule has 1 aromatic carbocycles. The number of aromatic amines is 1. The summed E-state index contributed by atoms with van der Waals surface area (Å²) in [6.07, 6.45) is 9.15. The zero-order valence-electron chi connectivity index (χ0n) is 18.0. The summed E-state index contributed by atoms with van der Waals surface area (Å²) in [6.45, 7) is 0. The molecular weight excluding hydrogens is 408 g/mol. The molecule has 2 aromatic heterocycles. The van der Waals surface area contributed by atoms with Crippen molar-refractivity contribution in [2.75, 3.05) is 7.11 Å². The highest BCUT2D eigenvalue weighted by atomic mass is 32.2. The number of benzene rings is 1. The number of ether oxygens (including phenoxy) is 1. The molecule has 2 saturated carbocycles. The average Bonchev–Trinajstić information content (AvgIpc) is 3.58. The lowest BCUT2D eigenvalue weighted by molar-refractivity contribution is 0.326. The predicted octanol–water partition coefficient (Wildman–Crippen LogP) is 5.61. The highest BCUT2D eigenvalue weighted by Crippen LogP contribution is 2.39. The first-order chi connectivity index (χ1) is 15.0. The molecule has 2 fully saturated rings.